The van der Waals surface area contributed by atoms with Crippen molar-refractivity contribution in [2.75, 3.05) is 0 Å². The van der Waals surface area contributed by atoms with Crippen LogP contribution < -0.4 is 0 Å². The van der Waals surface area contributed by atoms with Gasteiger partial charge in [0.25, 0.3) is 0 Å². The van der Waals surface area contributed by atoms with Gasteiger partial charge in [-0.25, -0.2) is 15.0 Å². The van der Waals surface area contributed by atoms with E-state index in [1.54, 1.807) is 22.7 Å². The minimum absolute atomic E-state index is 0.0757. The molecule has 1 atom stereocenters. The lowest BCUT2D eigenvalue weighted by Crippen LogP contribution is -2.11. The predicted octanol–water partition coefficient (Wildman–Crippen LogP) is 22.5. The molecular weight excluding hydrogens is 1090 g/mol. The summed E-state index contributed by atoms with van der Waals surface area (Å²) >= 11 is 3.59. The van der Waals surface area contributed by atoms with Crippen molar-refractivity contribution in [2.45, 2.75) is 6.42 Å². The molecule has 4 aromatic heterocycles. The number of benzene rings is 11. The van der Waals surface area contributed by atoms with Gasteiger partial charge in [-0.15, -0.1) is 22.7 Å². The predicted molar refractivity (Wildman–Crippen MR) is 372 cm³/mol. The van der Waals surface area contributed by atoms with E-state index < -0.39 is 0 Å². The maximum atomic E-state index is 5.46. The Morgan fingerprint density at radius 3 is 1.33 bits per heavy atom. The monoisotopic (exact) mass is 1150 g/mol. The molecule has 0 amide bonds. The lowest BCUT2D eigenvalue weighted by molar-refractivity contribution is 0.784. The third-order valence-electron chi connectivity index (χ3n) is 16.9. The van der Waals surface area contributed by atoms with Gasteiger partial charge in [0.05, 0.1) is 16.7 Å². The molecule has 0 aliphatic heterocycles. The largest absolute Gasteiger partial charge is 0.308 e. The van der Waals surface area contributed by atoms with Crippen molar-refractivity contribution in [3.8, 4) is 67.3 Å². The summed E-state index contributed by atoms with van der Waals surface area (Å²) in [6.45, 7) is 5.00. The van der Waals surface area contributed by atoms with Gasteiger partial charge in [0.15, 0.2) is 17.5 Å². The highest BCUT2D eigenvalue weighted by Gasteiger charge is 2.28. The smallest absolute Gasteiger partial charge is 0.164 e. The van der Waals surface area contributed by atoms with E-state index in [1.807, 2.05) is 0 Å². The van der Waals surface area contributed by atoms with E-state index in [4.69, 9.17) is 21.5 Å². The van der Waals surface area contributed by atoms with Gasteiger partial charge < -0.3 is 4.57 Å². The number of allylic oxidation sites excluding steroid dienone is 8. The zero-order valence-electron chi connectivity index (χ0n) is 47.4. The maximum absolute atomic E-state index is 5.46. The van der Waals surface area contributed by atoms with E-state index >= 15 is 0 Å². The first-order chi connectivity index (χ1) is 43.0. The molecule has 0 fully saturated rings. The summed E-state index contributed by atoms with van der Waals surface area (Å²) in [5, 5.41) is 7.23. The summed E-state index contributed by atoms with van der Waals surface area (Å²) in [4.78, 5) is 16.3. The first-order valence-corrected chi connectivity index (χ1v) is 31.2. The molecule has 16 rings (SSSR count). The number of rotatable bonds is 12. The van der Waals surface area contributed by atoms with Crippen molar-refractivity contribution < 1.29 is 0 Å². The highest BCUT2D eigenvalue weighted by molar-refractivity contribution is 7.26. The summed E-state index contributed by atoms with van der Waals surface area (Å²) in [5.41, 5.74) is 16.9. The molecule has 15 aromatic rings. The Kier molecular flexibility index (Phi) is 13.2. The summed E-state index contributed by atoms with van der Waals surface area (Å²) in [6.07, 6.45) is 14.4. The molecule has 0 bridgehead atoms. The molecule has 6 heteroatoms. The van der Waals surface area contributed by atoms with Crippen LogP contribution in [0.5, 0.6) is 0 Å². The number of hydrogen-bond acceptors (Lipinski definition) is 5. The van der Waals surface area contributed by atoms with Crippen LogP contribution in [0.2, 0.25) is 0 Å². The van der Waals surface area contributed by atoms with E-state index in [2.05, 4.69) is 302 Å². The Labute approximate surface area is 512 Å². The Morgan fingerprint density at radius 2 is 0.851 bits per heavy atom. The van der Waals surface area contributed by atoms with Crippen LogP contribution in [0, 0.1) is 5.92 Å². The van der Waals surface area contributed by atoms with Crippen LogP contribution in [0.1, 0.15) is 17.8 Å². The van der Waals surface area contributed by atoms with Gasteiger partial charge in [-0.3, -0.25) is 0 Å². The summed E-state index contributed by atoms with van der Waals surface area (Å²) < 4.78 is 7.44. The Hall–Kier alpha value is -10.6. The van der Waals surface area contributed by atoms with Gasteiger partial charge in [0, 0.05) is 84.9 Å². The van der Waals surface area contributed by atoms with Crippen molar-refractivity contribution in [3.05, 3.63) is 315 Å². The van der Waals surface area contributed by atoms with Crippen molar-refractivity contribution in [3.63, 3.8) is 0 Å². The van der Waals surface area contributed by atoms with Gasteiger partial charge in [0.1, 0.15) is 0 Å². The molecule has 0 saturated carbocycles. The second kappa shape index (κ2) is 22.1. The van der Waals surface area contributed by atoms with Crippen LogP contribution in [0.15, 0.2) is 303 Å². The number of nitrogens with zero attached hydrogens (tertiary/aromatic N) is 4. The fourth-order valence-corrected chi connectivity index (χ4v) is 15.0. The minimum atomic E-state index is -0.0757. The standard InChI is InChI=1S/C81H54N4S2/c1-52(79-82-80(59-40-42-65-63-36-20-22-38-73(63)86-75(65)50-59)84-81(83-79)60-41-43-66-64-37-21-23-39-74(64)87-76(66)51-60)44-67(56-30-14-5-15-31-56)72(45-53-24-8-2-9-25-53)85-77-68(57-32-16-6-17-33-57)46-61(54-26-10-3-11-27-54)48-70(77)71-49-62(55-28-12-4-13-29-55)47-69(78(71)85)58-34-18-7-19-35-58/h2-30,32-51,56H,1,31H2/b67-44-,72-45?. The normalized spacial score (nSPS) is 13.7. The first-order valence-electron chi connectivity index (χ1n) is 29.5. The highest BCUT2D eigenvalue weighted by atomic mass is 32.1. The highest BCUT2D eigenvalue weighted by Crippen LogP contribution is 2.49. The zero-order chi connectivity index (χ0) is 57.8. The SMILES string of the molecule is C=C(/C=C(\C(=Cc1ccccc1)n1c2c(-c3ccccc3)cc(-c3ccccc3)cc2c2cc(-c3ccccc3)cc(-c3ccccc3)c21)C1C=CC=CC1)c1nc(-c2ccc3c(c2)sc2ccccc23)nc(-c2ccc3c(c2)sc2ccccc23)n1. The van der Waals surface area contributed by atoms with Crippen LogP contribution in [0.3, 0.4) is 0 Å². The van der Waals surface area contributed by atoms with Crippen LogP contribution in [-0.4, -0.2) is 19.5 Å². The van der Waals surface area contributed by atoms with E-state index in [0.29, 0.717) is 23.0 Å². The van der Waals surface area contributed by atoms with E-state index in [1.165, 1.54) is 40.3 Å². The average Bonchev–Trinajstić information content (AvgIpc) is 1.68. The Balaban J connectivity index is 0.988. The molecule has 0 radical (unpaired) electrons. The third-order valence-corrected chi connectivity index (χ3v) is 19.2. The molecule has 1 unspecified atom stereocenters. The van der Waals surface area contributed by atoms with Crippen LogP contribution in [0.25, 0.3) is 147 Å². The molecule has 4 nitrogen and oxygen atoms in total. The second-order valence-corrected chi connectivity index (χ2v) is 24.5. The molecule has 0 spiro atoms. The van der Waals surface area contributed by atoms with Crippen LogP contribution in [0.4, 0.5) is 0 Å². The van der Waals surface area contributed by atoms with Crippen LogP contribution in [-0.2, 0) is 0 Å². The Bertz CT molecular complexity index is 5030. The van der Waals surface area contributed by atoms with E-state index in [9.17, 15) is 0 Å². The molecular formula is C81H54N4S2. The second-order valence-electron chi connectivity index (χ2n) is 22.3. The number of hydrogen-bond donors (Lipinski definition) is 0. The van der Waals surface area contributed by atoms with Crippen molar-refractivity contribution >= 4 is 102 Å². The number of fused-ring (bicyclic) bond motifs is 9. The average molecular weight is 1150 g/mol. The van der Waals surface area contributed by atoms with E-state index in [0.717, 1.165) is 101 Å². The summed E-state index contributed by atoms with van der Waals surface area (Å²) in [5.74, 6) is 1.61. The van der Waals surface area contributed by atoms with Gasteiger partial charge in [-0.2, -0.15) is 0 Å². The summed E-state index contributed by atoms with van der Waals surface area (Å²) in [7, 11) is 0. The fourth-order valence-electron chi connectivity index (χ4n) is 12.7. The molecule has 87 heavy (non-hydrogen) atoms. The van der Waals surface area contributed by atoms with Crippen LogP contribution >= 0.6 is 22.7 Å². The zero-order valence-corrected chi connectivity index (χ0v) is 49.0. The molecule has 0 saturated heterocycles. The number of thiophene rings is 2. The van der Waals surface area contributed by atoms with Gasteiger partial charge in [-0.1, -0.05) is 243 Å². The molecule has 1 aliphatic rings. The fraction of sp³-hybridized carbons (Fsp3) is 0.0247. The van der Waals surface area contributed by atoms with E-state index in [-0.39, 0.29) is 5.92 Å². The van der Waals surface area contributed by atoms with Crippen molar-refractivity contribution in [1.29, 1.82) is 0 Å². The lowest BCUT2D eigenvalue weighted by Gasteiger charge is -2.25. The summed E-state index contributed by atoms with van der Waals surface area (Å²) in [6, 6.07) is 94.3. The molecule has 410 valence electrons. The quantitative estimate of drug-likeness (QED) is 0.115. The topological polar surface area (TPSA) is 43.6 Å². The Morgan fingerprint density at radius 1 is 0.402 bits per heavy atom. The van der Waals surface area contributed by atoms with Gasteiger partial charge in [-0.05, 0) is 112 Å². The van der Waals surface area contributed by atoms with Crippen molar-refractivity contribution in [2.24, 2.45) is 5.92 Å². The van der Waals surface area contributed by atoms with Gasteiger partial charge in [0.2, 0.25) is 0 Å². The molecule has 0 N–H and O–H groups in total. The third kappa shape index (κ3) is 9.62. The number of aromatic nitrogens is 4. The van der Waals surface area contributed by atoms with Gasteiger partial charge >= 0.3 is 0 Å². The minimum Gasteiger partial charge on any atom is -0.308 e. The first kappa shape index (κ1) is 52.0. The lowest BCUT2D eigenvalue weighted by atomic mass is 9.87. The maximum Gasteiger partial charge on any atom is 0.164 e. The molecule has 1 aliphatic carbocycles. The van der Waals surface area contributed by atoms with Crippen molar-refractivity contribution in [1.82, 2.24) is 19.5 Å². The molecule has 4 heterocycles. The molecule has 11 aromatic carbocycles.